The van der Waals surface area contributed by atoms with Gasteiger partial charge in [0.05, 0.1) is 5.69 Å². The Morgan fingerprint density at radius 3 is 2.79 bits per heavy atom. The first-order chi connectivity index (χ1) is 9.22. The fourth-order valence-corrected chi connectivity index (χ4v) is 1.77. The minimum absolute atomic E-state index is 0.391. The first-order valence-electron chi connectivity index (χ1n) is 5.53. The maximum atomic E-state index is 5.90. The van der Waals surface area contributed by atoms with E-state index < -0.39 is 0 Å². The van der Waals surface area contributed by atoms with Gasteiger partial charge in [0, 0.05) is 29.5 Å². The Balaban J connectivity index is 1.98. The number of aromatic nitrogens is 3. The largest absolute Gasteiger partial charge is 0.437 e. The summed E-state index contributed by atoms with van der Waals surface area (Å²) in [6, 6.07) is 8.50. The zero-order valence-corrected chi connectivity index (χ0v) is 10.5. The molecular weight excluding hydrogens is 264 g/mol. The summed E-state index contributed by atoms with van der Waals surface area (Å²) >= 11 is 5.90. The number of benzene rings is 1. The van der Waals surface area contributed by atoms with Crippen LogP contribution in [-0.2, 0) is 0 Å². The number of nitrogen functional groups attached to an aromatic ring is 1. The minimum Gasteiger partial charge on any atom is -0.437 e. The number of hydrogen-bond donors (Lipinski definition) is 1. The molecule has 2 N–H and O–H groups in total. The van der Waals surface area contributed by atoms with Crippen molar-refractivity contribution in [2.75, 3.05) is 5.73 Å². The highest BCUT2D eigenvalue weighted by molar-refractivity contribution is 6.30. The summed E-state index contributed by atoms with van der Waals surface area (Å²) in [5.41, 5.74) is 7.52. The van der Waals surface area contributed by atoms with Crippen molar-refractivity contribution >= 4 is 28.5 Å². The normalized spacial score (nSPS) is 10.6. The lowest BCUT2D eigenvalue weighted by Crippen LogP contribution is -1.95. The van der Waals surface area contributed by atoms with Crippen molar-refractivity contribution in [3.8, 4) is 11.6 Å². The van der Waals surface area contributed by atoms with Crippen LogP contribution >= 0.6 is 11.6 Å². The highest BCUT2D eigenvalue weighted by Gasteiger charge is 2.06. The van der Waals surface area contributed by atoms with Crippen molar-refractivity contribution in [3.63, 3.8) is 0 Å². The predicted octanol–water partition coefficient (Wildman–Crippen LogP) is 3.05. The Hall–Kier alpha value is -2.40. The highest BCUT2D eigenvalue weighted by atomic mass is 35.5. The van der Waals surface area contributed by atoms with Crippen LogP contribution in [0.1, 0.15) is 0 Å². The number of nitrogens with two attached hydrogens (primary N) is 1. The third-order valence-electron chi connectivity index (χ3n) is 2.50. The molecule has 0 aliphatic heterocycles. The van der Waals surface area contributed by atoms with Gasteiger partial charge in [0.25, 0.3) is 0 Å². The fraction of sp³-hybridized carbons (Fsp3) is 0. The molecule has 0 amide bonds. The number of hydrogen-bond acceptors (Lipinski definition) is 5. The van der Waals surface area contributed by atoms with Crippen molar-refractivity contribution in [1.29, 1.82) is 0 Å². The van der Waals surface area contributed by atoms with Crippen LogP contribution in [0.5, 0.6) is 11.6 Å². The van der Waals surface area contributed by atoms with Crippen LogP contribution in [-0.4, -0.2) is 15.0 Å². The predicted molar refractivity (Wildman–Crippen MR) is 73.3 cm³/mol. The molecule has 2 aromatic heterocycles. The number of fused-ring (bicyclic) bond motifs is 1. The monoisotopic (exact) mass is 272 g/mol. The molecule has 0 saturated heterocycles. The van der Waals surface area contributed by atoms with Crippen LogP contribution in [0, 0.1) is 0 Å². The van der Waals surface area contributed by atoms with E-state index in [-0.39, 0.29) is 0 Å². The van der Waals surface area contributed by atoms with E-state index >= 15 is 0 Å². The Kier molecular flexibility index (Phi) is 2.89. The number of ether oxygens (including phenoxy) is 1. The summed E-state index contributed by atoms with van der Waals surface area (Å²) in [7, 11) is 0. The van der Waals surface area contributed by atoms with Gasteiger partial charge in [0.15, 0.2) is 11.4 Å². The van der Waals surface area contributed by atoms with Crippen LogP contribution in [0.2, 0.25) is 5.02 Å². The Labute approximate surface area is 114 Å². The Morgan fingerprint density at radius 2 is 1.89 bits per heavy atom. The lowest BCUT2D eigenvalue weighted by Gasteiger charge is -2.08. The first kappa shape index (κ1) is 11.7. The molecule has 94 valence electrons. The van der Waals surface area contributed by atoms with E-state index in [4.69, 9.17) is 22.1 Å². The molecule has 0 fully saturated rings. The molecule has 3 aromatic rings. The number of pyridine rings is 1. The minimum atomic E-state index is 0.391. The SMILES string of the molecule is Nc1ccc(Cl)cc1Oc1ccc2nccnc2n1. The topological polar surface area (TPSA) is 73.9 Å². The molecule has 0 unspecified atom stereocenters. The van der Waals surface area contributed by atoms with Gasteiger partial charge in [0.1, 0.15) is 5.52 Å². The van der Waals surface area contributed by atoms with E-state index in [0.29, 0.717) is 33.5 Å². The van der Waals surface area contributed by atoms with E-state index in [1.54, 1.807) is 42.7 Å². The molecule has 0 saturated carbocycles. The van der Waals surface area contributed by atoms with Gasteiger partial charge in [-0.05, 0) is 18.2 Å². The lowest BCUT2D eigenvalue weighted by atomic mass is 10.3. The van der Waals surface area contributed by atoms with E-state index in [1.165, 1.54) is 0 Å². The molecular formula is C13H9ClN4O. The van der Waals surface area contributed by atoms with Gasteiger partial charge in [-0.1, -0.05) is 11.6 Å². The third kappa shape index (κ3) is 2.41. The number of anilines is 1. The van der Waals surface area contributed by atoms with Gasteiger partial charge in [0.2, 0.25) is 5.88 Å². The second kappa shape index (κ2) is 4.70. The van der Waals surface area contributed by atoms with E-state index in [0.717, 1.165) is 0 Å². The zero-order valence-electron chi connectivity index (χ0n) is 9.75. The average molecular weight is 273 g/mol. The molecule has 0 atom stereocenters. The standard InChI is InChI=1S/C13H9ClN4O/c14-8-1-2-9(15)11(7-8)19-12-4-3-10-13(18-12)17-6-5-16-10/h1-7H,15H2. The summed E-state index contributed by atoms with van der Waals surface area (Å²) in [5, 5.41) is 0.546. The van der Waals surface area contributed by atoms with Crippen LogP contribution in [0.3, 0.4) is 0 Å². The number of rotatable bonds is 2. The quantitative estimate of drug-likeness (QED) is 0.726. The van der Waals surface area contributed by atoms with Crippen LogP contribution in [0.4, 0.5) is 5.69 Å². The van der Waals surface area contributed by atoms with E-state index in [9.17, 15) is 0 Å². The Bertz CT molecular complexity index is 748. The van der Waals surface area contributed by atoms with Crippen LogP contribution < -0.4 is 10.5 Å². The van der Waals surface area contributed by atoms with Crippen LogP contribution in [0.25, 0.3) is 11.2 Å². The van der Waals surface area contributed by atoms with E-state index in [2.05, 4.69) is 15.0 Å². The first-order valence-corrected chi connectivity index (χ1v) is 5.91. The summed E-state index contributed by atoms with van der Waals surface area (Å²) in [4.78, 5) is 12.5. The molecule has 0 radical (unpaired) electrons. The highest BCUT2D eigenvalue weighted by Crippen LogP contribution is 2.29. The van der Waals surface area contributed by atoms with Gasteiger partial charge in [-0.25, -0.2) is 4.98 Å². The van der Waals surface area contributed by atoms with Gasteiger partial charge in [-0.3, -0.25) is 4.98 Å². The lowest BCUT2D eigenvalue weighted by molar-refractivity contribution is 0.467. The average Bonchev–Trinajstić information content (AvgIpc) is 2.43. The molecule has 3 rings (SSSR count). The molecule has 0 bridgehead atoms. The second-order valence-electron chi connectivity index (χ2n) is 3.83. The molecule has 0 aliphatic rings. The van der Waals surface area contributed by atoms with Gasteiger partial charge < -0.3 is 10.5 Å². The summed E-state index contributed by atoms with van der Waals surface area (Å²) in [5.74, 6) is 0.852. The summed E-state index contributed by atoms with van der Waals surface area (Å²) < 4.78 is 5.61. The molecule has 6 heteroatoms. The van der Waals surface area contributed by atoms with Gasteiger partial charge in [-0.15, -0.1) is 0 Å². The van der Waals surface area contributed by atoms with Crippen molar-refractivity contribution in [2.45, 2.75) is 0 Å². The third-order valence-corrected chi connectivity index (χ3v) is 2.73. The van der Waals surface area contributed by atoms with Gasteiger partial charge >= 0.3 is 0 Å². The van der Waals surface area contributed by atoms with E-state index in [1.807, 2.05) is 0 Å². The van der Waals surface area contributed by atoms with Crippen molar-refractivity contribution in [1.82, 2.24) is 15.0 Å². The van der Waals surface area contributed by atoms with Crippen LogP contribution in [0.15, 0.2) is 42.7 Å². The van der Waals surface area contributed by atoms with Crippen molar-refractivity contribution in [2.24, 2.45) is 0 Å². The maximum absolute atomic E-state index is 5.90. The fourth-order valence-electron chi connectivity index (χ4n) is 1.60. The Morgan fingerprint density at radius 1 is 1.05 bits per heavy atom. The molecule has 19 heavy (non-hydrogen) atoms. The molecule has 2 heterocycles. The second-order valence-corrected chi connectivity index (χ2v) is 4.27. The summed E-state index contributed by atoms with van der Waals surface area (Å²) in [6.45, 7) is 0. The smallest absolute Gasteiger partial charge is 0.221 e. The number of nitrogens with zero attached hydrogens (tertiary/aromatic N) is 3. The van der Waals surface area contributed by atoms with Gasteiger partial charge in [-0.2, -0.15) is 4.98 Å². The molecule has 0 spiro atoms. The zero-order chi connectivity index (χ0) is 13.2. The van der Waals surface area contributed by atoms with Crippen molar-refractivity contribution < 1.29 is 4.74 Å². The van der Waals surface area contributed by atoms with Crippen molar-refractivity contribution in [3.05, 3.63) is 47.7 Å². The molecule has 1 aromatic carbocycles. The molecule has 0 aliphatic carbocycles. The molecule has 5 nitrogen and oxygen atoms in total. The number of halogens is 1. The maximum Gasteiger partial charge on any atom is 0.221 e. The summed E-state index contributed by atoms with van der Waals surface area (Å²) in [6.07, 6.45) is 3.19.